The van der Waals surface area contributed by atoms with Gasteiger partial charge in [-0.1, -0.05) is 25.8 Å². The van der Waals surface area contributed by atoms with Crippen LogP contribution < -0.4 is 14.8 Å². The van der Waals surface area contributed by atoms with Gasteiger partial charge >= 0.3 is 0 Å². The number of benzene rings is 1. The van der Waals surface area contributed by atoms with Gasteiger partial charge < -0.3 is 14.8 Å². The van der Waals surface area contributed by atoms with E-state index < -0.39 is 0 Å². The predicted octanol–water partition coefficient (Wildman–Crippen LogP) is 3.80. The number of hydrogen-bond donors (Lipinski definition) is 1. The van der Waals surface area contributed by atoms with Crippen molar-refractivity contribution >= 4 is 0 Å². The Morgan fingerprint density at radius 2 is 1.86 bits per heavy atom. The van der Waals surface area contributed by atoms with Crippen LogP contribution in [0.4, 0.5) is 0 Å². The van der Waals surface area contributed by atoms with E-state index in [0.717, 1.165) is 30.4 Å². The van der Waals surface area contributed by atoms with E-state index in [2.05, 4.69) is 24.4 Å². The van der Waals surface area contributed by atoms with Crippen molar-refractivity contribution in [2.24, 2.45) is 5.92 Å². The number of methoxy groups -OCH3 is 2. The second-order valence-corrected chi connectivity index (χ2v) is 6.00. The van der Waals surface area contributed by atoms with Crippen LogP contribution in [0.2, 0.25) is 0 Å². The lowest BCUT2D eigenvalue weighted by molar-refractivity contribution is 0.348. The standard InChI is InChI=1S/C18H29NO2/c1-4-11-19-16(15-7-5-6-8-15)12-14-9-10-17(20-2)18(13-14)21-3/h9-10,13,15-16,19H,4-8,11-12H2,1-3H3. The lowest BCUT2D eigenvalue weighted by Gasteiger charge is -2.25. The van der Waals surface area contributed by atoms with Gasteiger partial charge in [0.2, 0.25) is 0 Å². The van der Waals surface area contributed by atoms with E-state index in [4.69, 9.17) is 9.47 Å². The van der Waals surface area contributed by atoms with E-state index in [1.165, 1.54) is 37.7 Å². The zero-order valence-electron chi connectivity index (χ0n) is 13.7. The maximum Gasteiger partial charge on any atom is 0.160 e. The molecule has 21 heavy (non-hydrogen) atoms. The largest absolute Gasteiger partial charge is 0.493 e. The molecule has 0 aliphatic heterocycles. The zero-order chi connectivity index (χ0) is 15.1. The smallest absolute Gasteiger partial charge is 0.160 e. The molecular weight excluding hydrogens is 262 g/mol. The normalized spacial score (nSPS) is 16.9. The lowest BCUT2D eigenvalue weighted by Crippen LogP contribution is -2.37. The molecule has 2 rings (SSSR count). The molecular formula is C18H29NO2. The van der Waals surface area contributed by atoms with Crippen molar-refractivity contribution in [3.63, 3.8) is 0 Å². The minimum absolute atomic E-state index is 0.588. The molecule has 118 valence electrons. The fraction of sp³-hybridized carbons (Fsp3) is 0.667. The third-order valence-electron chi connectivity index (χ3n) is 4.53. The van der Waals surface area contributed by atoms with Crippen molar-refractivity contribution in [1.82, 2.24) is 5.32 Å². The highest BCUT2D eigenvalue weighted by molar-refractivity contribution is 5.43. The summed E-state index contributed by atoms with van der Waals surface area (Å²) < 4.78 is 10.7. The molecule has 0 bridgehead atoms. The van der Waals surface area contributed by atoms with Crippen LogP contribution in [0.5, 0.6) is 11.5 Å². The van der Waals surface area contributed by atoms with Gasteiger partial charge in [0.15, 0.2) is 11.5 Å². The molecule has 0 heterocycles. The Balaban J connectivity index is 2.07. The van der Waals surface area contributed by atoms with E-state index >= 15 is 0 Å². The Kier molecular flexibility index (Phi) is 6.37. The topological polar surface area (TPSA) is 30.5 Å². The molecule has 0 saturated heterocycles. The Hall–Kier alpha value is -1.22. The Morgan fingerprint density at radius 3 is 2.48 bits per heavy atom. The van der Waals surface area contributed by atoms with Crippen LogP contribution in [0.15, 0.2) is 18.2 Å². The maximum absolute atomic E-state index is 5.42. The summed E-state index contributed by atoms with van der Waals surface area (Å²) in [5.74, 6) is 2.46. The first kappa shape index (κ1) is 16.2. The van der Waals surface area contributed by atoms with Crippen molar-refractivity contribution in [2.75, 3.05) is 20.8 Å². The highest BCUT2D eigenvalue weighted by atomic mass is 16.5. The van der Waals surface area contributed by atoms with E-state index in [9.17, 15) is 0 Å². The van der Waals surface area contributed by atoms with Gasteiger partial charge in [-0.15, -0.1) is 0 Å². The molecule has 1 aromatic rings. The van der Waals surface area contributed by atoms with Crippen molar-refractivity contribution in [3.8, 4) is 11.5 Å². The van der Waals surface area contributed by atoms with Crippen LogP contribution in [-0.4, -0.2) is 26.8 Å². The van der Waals surface area contributed by atoms with Gasteiger partial charge in [-0.2, -0.15) is 0 Å². The molecule has 1 unspecified atom stereocenters. The molecule has 0 radical (unpaired) electrons. The zero-order valence-corrected chi connectivity index (χ0v) is 13.7. The molecule has 0 spiro atoms. The fourth-order valence-electron chi connectivity index (χ4n) is 3.36. The van der Waals surface area contributed by atoms with Gasteiger partial charge in [0.05, 0.1) is 14.2 Å². The molecule has 1 atom stereocenters. The fourth-order valence-corrected chi connectivity index (χ4v) is 3.36. The van der Waals surface area contributed by atoms with Crippen LogP contribution in [0.1, 0.15) is 44.6 Å². The molecule has 3 nitrogen and oxygen atoms in total. The van der Waals surface area contributed by atoms with E-state index in [-0.39, 0.29) is 0 Å². The van der Waals surface area contributed by atoms with Gasteiger partial charge in [0.25, 0.3) is 0 Å². The molecule has 1 N–H and O–H groups in total. The average Bonchev–Trinajstić information content (AvgIpc) is 3.05. The van der Waals surface area contributed by atoms with Crippen LogP contribution in [0.3, 0.4) is 0 Å². The predicted molar refractivity (Wildman–Crippen MR) is 87.3 cm³/mol. The summed E-state index contributed by atoms with van der Waals surface area (Å²) in [6.45, 7) is 3.34. The minimum Gasteiger partial charge on any atom is -0.493 e. The number of hydrogen-bond acceptors (Lipinski definition) is 3. The van der Waals surface area contributed by atoms with E-state index in [0.29, 0.717) is 6.04 Å². The summed E-state index contributed by atoms with van der Waals surface area (Å²) >= 11 is 0. The Labute approximate surface area is 129 Å². The number of rotatable bonds is 8. The molecule has 3 heteroatoms. The SMILES string of the molecule is CCCNC(Cc1ccc(OC)c(OC)c1)C1CCCC1. The van der Waals surface area contributed by atoms with E-state index in [1.54, 1.807) is 14.2 Å². The summed E-state index contributed by atoms with van der Waals surface area (Å²) in [6, 6.07) is 6.89. The van der Waals surface area contributed by atoms with E-state index in [1.807, 2.05) is 6.07 Å². The van der Waals surface area contributed by atoms with Gasteiger partial charge in [-0.05, 0) is 55.8 Å². The van der Waals surface area contributed by atoms with Crippen LogP contribution in [-0.2, 0) is 6.42 Å². The van der Waals surface area contributed by atoms with Gasteiger partial charge in [0, 0.05) is 6.04 Å². The minimum atomic E-state index is 0.588. The third-order valence-corrected chi connectivity index (χ3v) is 4.53. The second kappa shape index (κ2) is 8.28. The van der Waals surface area contributed by atoms with Crippen LogP contribution in [0, 0.1) is 5.92 Å². The maximum atomic E-state index is 5.42. The third kappa shape index (κ3) is 4.37. The highest BCUT2D eigenvalue weighted by Gasteiger charge is 2.24. The summed E-state index contributed by atoms with van der Waals surface area (Å²) in [6.07, 6.45) is 7.78. The van der Waals surface area contributed by atoms with Crippen molar-refractivity contribution < 1.29 is 9.47 Å². The average molecular weight is 291 g/mol. The first-order valence-corrected chi connectivity index (χ1v) is 8.22. The monoisotopic (exact) mass is 291 g/mol. The van der Waals surface area contributed by atoms with Crippen LogP contribution >= 0.6 is 0 Å². The first-order chi connectivity index (χ1) is 10.3. The number of nitrogens with one attached hydrogen (secondary N) is 1. The van der Waals surface area contributed by atoms with Crippen molar-refractivity contribution in [1.29, 1.82) is 0 Å². The Morgan fingerprint density at radius 1 is 1.14 bits per heavy atom. The van der Waals surface area contributed by atoms with Crippen LogP contribution in [0.25, 0.3) is 0 Å². The number of ether oxygens (including phenoxy) is 2. The summed E-state index contributed by atoms with van der Waals surface area (Å²) in [7, 11) is 3.38. The molecule has 1 aromatic carbocycles. The summed E-state index contributed by atoms with van der Waals surface area (Å²) in [4.78, 5) is 0. The molecule has 1 aliphatic carbocycles. The van der Waals surface area contributed by atoms with Crippen molar-refractivity contribution in [3.05, 3.63) is 23.8 Å². The molecule has 1 saturated carbocycles. The highest BCUT2D eigenvalue weighted by Crippen LogP contribution is 2.32. The quantitative estimate of drug-likeness (QED) is 0.790. The van der Waals surface area contributed by atoms with Gasteiger partial charge in [0.1, 0.15) is 0 Å². The molecule has 0 aromatic heterocycles. The van der Waals surface area contributed by atoms with Gasteiger partial charge in [-0.25, -0.2) is 0 Å². The lowest BCUT2D eigenvalue weighted by atomic mass is 9.92. The summed E-state index contributed by atoms with van der Waals surface area (Å²) in [5.41, 5.74) is 1.33. The molecule has 1 fully saturated rings. The summed E-state index contributed by atoms with van der Waals surface area (Å²) in [5, 5.41) is 3.75. The second-order valence-electron chi connectivity index (χ2n) is 6.00. The Bertz CT molecular complexity index is 427. The van der Waals surface area contributed by atoms with Gasteiger partial charge in [-0.3, -0.25) is 0 Å². The first-order valence-electron chi connectivity index (χ1n) is 8.22. The van der Waals surface area contributed by atoms with Crippen molar-refractivity contribution in [2.45, 2.75) is 51.5 Å². The molecule has 0 amide bonds. The molecule has 1 aliphatic rings.